The van der Waals surface area contributed by atoms with Crippen LogP contribution < -0.4 is 0 Å². The van der Waals surface area contributed by atoms with Crippen molar-refractivity contribution in [3.05, 3.63) is 40.2 Å². The highest BCUT2D eigenvalue weighted by Gasteiger charge is 2.18. The quantitative estimate of drug-likeness (QED) is 0.849. The van der Waals surface area contributed by atoms with Crippen LogP contribution in [-0.4, -0.2) is 52.3 Å². The third kappa shape index (κ3) is 3.66. The molecule has 0 spiro atoms. The van der Waals surface area contributed by atoms with E-state index in [9.17, 15) is 4.79 Å². The van der Waals surface area contributed by atoms with Crippen molar-refractivity contribution in [2.75, 3.05) is 26.3 Å². The summed E-state index contributed by atoms with van der Waals surface area (Å²) in [4.78, 5) is 18.3. The van der Waals surface area contributed by atoms with Gasteiger partial charge in [0.25, 0.3) is 5.91 Å². The summed E-state index contributed by atoms with van der Waals surface area (Å²) >= 11 is 1.60. The Morgan fingerprint density at radius 2 is 1.95 bits per heavy atom. The summed E-state index contributed by atoms with van der Waals surface area (Å²) in [6.07, 6.45) is 0. The molecule has 0 fully saturated rings. The maximum atomic E-state index is 12.4. The van der Waals surface area contributed by atoms with Crippen molar-refractivity contribution in [2.24, 2.45) is 0 Å². The standard InChI is InChI=1S/C15H18N2O3S/c1-11-13(15(20)17(5-7-18)6-8-19)2-3-14(16-11)12-4-9-21-10-12/h2-4,9-10,18-19H,5-8H2,1H3. The van der Waals surface area contributed by atoms with Gasteiger partial charge in [-0.2, -0.15) is 11.3 Å². The largest absolute Gasteiger partial charge is 0.395 e. The summed E-state index contributed by atoms with van der Waals surface area (Å²) in [6, 6.07) is 5.55. The predicted molar refractivity (Wildman–Crippen MR) is 82.4 cm³/mol. The van der Waals surface area contributed by atoms with Crippen LogP contribution in [0.4, 0.5) is 0 Å². The molecule has 5 nitrogen and oxygen atoms in total. The van der Waals surface area contributed by atoms with Crippen LogP contribution in [-0.2, 0) is 0 Å². The van der Waals surface area contributed by atoms with Crippen LogP contribution in [0.25, 0.3) is 11.3 Å². The maximum Gasteiger partial charge on any atom is 0.255 e. The summed E-state index contributed by atoms with van der Waals surface area (Å²) in [7, 11) is 0. The van der Waals surface area contributed by atoms with Crippen LogP contribution >= 0.6 is 11.3 Å². The number of carbonyl (C=O) groups excluding carboxylic acids is 1. The lowest BCUT2D eigenvalue weighted by atomic mass is 10.1. The number of pyridine rings is 1. The molecular weight excluding hydrogens is 288 g/mol. The van der Waals surface area contributed by atoms with Crippen molar-refractivity contribution in [3.8, 4) is 11.3 Å². The van der Waals surface area contributed by atoms with Crippen molar-refractivity contribution in [2.45, 2.75) is 6.92 Å². The van der Waals surface area contributed by atoms with Crippen molar-refractivity contribution in [1.29, 1.82) is 0 Å². The van der Waals surface area contributed by atoms with E-state index in [1.165, 1.54) is 4.90 Å². The second kappa shape index (κ2) is 7.31. The molecule has 21 heavy (non-hydrogen) atoms. The first kappa shape index (κ1) is 15.6. The molecular formula is C15H18N2O3S. The minimum Gasteiger partial charge on any atom is -0.395 e. The second-order valence-corrected chi connectivity index (χ2v) is 5.36. The number of hydrogen-bond acceptors (Lipinski definition) is 5. The fourth-order valence-electron chi connectivity index (χ4n) is 2.08. The van der Waals surface area contributed by atoms with E-state index in [1.54, 1.807) is 24.3 Å². The molecule has 2 aromatic rings. The van der Waals surface area contributed by atoms with E-state index < -0.39 is 0 Å². The van der Waals surface area contributed by atoms with Gasteiger partial charge in [-0.05, 0) is 30.5 Å². The number of carbonyl (C=O) groups is 1. The Hall–Kier alpha value is -1.76. The van der Waals surface area contributed by atoms with E-state index in [2.05, 4.69) is 4.98 Å². The fourth-order valence-corrected chi connectivity index (χ4v) is 2.73. The third-order valence-corrected chi connectivity index (χ3v) is 3.84. The van der Waals surface area contributed by atoms with Gasteiger partial charge >= 0.3 is 0 Å². The summed E-state index contributed by atoms with van der Waals surface area (Å²) in [5, 5.41) is 22.0. The molecule has 0 unspecified atom stereocenters. The molecule has 2 N–H and O–H groups in total. The van der Waals surface area contributed by atoms with E-state index in [0.717, 1.165) is 11.3 Å². The topological polar surface area (TPSA) is 73.7 Å². The molecule has 0 radical (unpaired) electrons. The normalized spacial score (nSPS) is 10.6. The summed E-state index contributed by atoms with van der Waals surface area (Å²) < 4.78 is 0. The van der Waals surface area contributed by atoms with E-state index in [0.29, 0.717) is 11.3 Å². The predicted octanol–water partition coefficient (Wildman–Crippen LogP) is 1.55. The molecule has 0 aromatic carbocycles. The zero-order valence-electron chi connectivity index (χ0n) is 11.8. The lowest BCUT2D eigenvalue weighted by Gasteiger charge is -2.21. The Bertz CT molecular complexity index is 593. The molecule has 6 heteroatoms. The summed E-state index contributed by atoms with van der Waals surface area (Å²) in [5.41, 5.74) is 3.01. The molecule has 0 atom stereocenters. The Labute approximate surface area is 127 Å². The molecule has 0 saturated heterocycles. The Balaban J connectivity index is 2.25. The zero-order valence-corrected chi connectivity index (χ0v) is 12.6. The molecule has 2 heterocycles. The number of hydrogen-bond donors (Lipinski definition) is 2. The van der Waals surface area contributed by atoms with Crippen LogP contribution in [0.1, 0.15) is 16.1 Å². The molecule has 0 aliphatic rings. The number of aryl methyl sites for hydroxylation is 1. The van der Waals surface area contributed by atoms with Crippen molar-refractivity contribution in [1.82, 2.24) is 9.88 Å². The van der Waals surface area contributed by atoms with Gasteiger partial charge in [-0.1, -0.05) is 0 Å². The zero-order chi connectivity index (χ0) is 15.2. The smallest absolute Gasteiger partial charge is 0.255 e. The Morgan fingerprint density at radius 3 is 2.48 bits per heavy atom. The highest BCUT2D eigenvalue weighted by Crippen LogP contribution is 2.22. The lowest BCUT2D eigenvalue weighted by molar-refractivity contribution is 0.0683. The highest BCUT2D eigenvalue weighted by atomic mass is 32.1. The lowest BCUT2D eigenvalue weighted by Crippen LogP contribution is -2.36. The first-order chi connectivity index (χ1) is 10.2. The van der Waals surface area contributed by atoms with Crippen LogP contribution in [0.15, 0.2) is 29.0 Å². The van der Waals surface area contributed by atoms with Crippen LogP contribution in [0, 0.1) is 6.92 Å². The number of amides is 1. The molecule has 0 aliphatic heterocycles. The summed E-state index contributed by atoms with van der Waals surface area (Å²) in [5.74, 6) is -0.222. The van der Waals surface area contributed by atoms with Crippen molar-refractivity contribution >= 4 is 17.2 Å². The van der Waals surface area contributed by atoms with Crippen molar-refractivity contribution in [3.63, 3.8) is 0 Å². The van der Waals surface area contributed by atoms with Gasteiger partial charge in [-0.15, -0.1) is 0 Å². The van der Waals surface area contributed by atoms with E-state index >= 15 is 0 Å². The average Bonchev–Trinajstić information content (AvgIpc) is 3.00. The van der Waals surface area contributed by atoms with E-state index in [1.807, 2.05) is 22.9 Å². The number of aliphatic hydroxyl groups is 2. The molecule has 0 saturated carbocycles. The maximum absolute atomic E-state index is 12.4. The first-order valence-electron chi connectivity index (χ1n) is 6.68. The van der Waals surface area contributed by atoms with Gasteiger partial charge in [-0.3, -0.25) is 9.78 Å². The molecule has 2 rings (SSSR count). The number of rotatable bonds is 6. The van der Waals surface area contributed by atoms with Crippen LogP contribution in [0.2, 0.25) is 0 Å². The molecule has 0 aliphatic carbocycles. The van der Waals surface area contributed by atoms with Gasteiger partial charge < -0.3 is 15.1 Å². The van der Waals surface area contributed by atoms with Crippen molar-refractivity contribution < 1.29 is 15.0 Å². The molecule has 1 amide bonds. The number of aliphatic hydroxyl groups excluding tert-OH is 2. The number of aromatic nitrogens is 1. The monoisotopic (exact) mass is 306 g/mol. The number of thiophene rings is 1. The van der Waals surface area contributed by atoms with Gasteiger partial charge in [0.2, 0.25) is 0 Å². The van der Waals surface area contributed by atoms with Gasteiger partial charge in [0, 0.05) is 24.0 Å². The Morgan fingerprint density at radius 1 is 1.24 bits per heavy atom. The molecule has 0 bridgehead atoms. The highest BCUT2D eigenvalue weighted by molar-refractivity contribution is 7.08. The second-order valence-electron chi connectivity index (χ2n) is 4.58. The molecule has 2 aromatic heterocycles. The van der Waals surface area contributed by atoms with Gasteiger partial charge in [-0.25, -0.2) is 0 Å². The SMILES string of the molecule is Cc1nc(-c2ccsc2)ccc1C(=O)N(CCO)CCO. The van der Waals surface area contributed by atoms with Crippen LogP contribution in [0.5, 0.6) is 0 Å². The fraction of sp³-hybridized carbons (Fsp3) is 0.333. The van der Waals surface area contributed by atoms with E-state index in [4.69, 9.17) is 10.2 Å². The minimum absolute atomic E-state index is 0.134. The minimum atomic E-state index is -0.222. The number of nitrogens with zero attached hydrogens (tertiary/aromatic N) is 2. The Kier molecular flexibility index (Phi) is 5.44. The van der Waals surface area contributed by atoms with Gasteiger partial charge in [0.15, 0.2) is 0 Å². The molecule has 112 valence electrons. The third-order valence-electron chi connectivity index (χ3n) is 3.16. The first-order valence-corrected chi connectivity index (χ1v) is 7.63. The van der Waals surface area contributed by atoms with Gasteiger partial charge in [0.1, 0.15) is 0 Å². The average molecular weight is 306 g/mol. The summed E-state index contributed by atoms with van der Waals surface area (Å²) in [6.45, 7) is 1.92. The van der Waals surface area contributed by atoms with Crippen LogP contribution in [0.3, 0.4) is 0 Å². The van der Waals surface area contributed by atoms with Gasteiger partial charge in [0.05, 0.1) is 30.2 Å². The van der Waals surface area contributed by atoms with E-state index in [-0.39, 0.29) is 32.2 Å².